The number of carbonyl (C=O) groups excluding carboxylic acids is 1. The van der Waals surface area contributed by atoms with Gasteiger partial charge < -0.3 is 10.4 Å². The molecule has 0 aliphatic heterocycles. The van der Waals surface area contributed by atoms with Gasteiger partial charge in [-0.25, -0.2) is 15.0 Å². The molecule has 2 N–H and O–H groups in total. The minimum atomic E-state index is -0.335. The zero-order valence-electron chi connectivity index (χ0n) is 10.6. The van der Waals surface area contributed by atoms with Crippen LogP contribution in [0, 0.1) is 11.8 Å². The summed E-state index contributed by atoms with van der Waals surface area (Å²) in [4.78, 5) is 23.5. The lowest BCUT2D eigenvalue weighted by Gasteiger charge is -2.03. The third kappa shape index (κ3) is 3.86. The molecule has 0 saturated heterocycles. The summed E-state index contributed by atoms with van der Waals surface area (Å²) in [5.74, 6) is 5.74. The highest BCUT2D eigenvalue weighted by Crippen LogP contribution is 2.07. The number of aliphatic hydroxyl groups excluding tert-OH is 1. The first-order valence-electron chi connectivity index (χ1n) is 5.92. The highest BCUT2D eigenvalue weighted by atomic mass is 16.2. The average molecular weight is 268 g/mol. The van der Waals surface area contributed by atoms with E-state index < -0.39 is 0 Å². The summed E-state index contributed by atoms with van der Waals surface area (Å²) in [6, 6.07) is 3.39. The Morgan fingerprint density at radius 2 is 2.15 bits per heavy atom. The molecule has 100 valence electrons. The van der Waals surface area contributed by atoms with E-state index in [0.29, 0.717) is 23.4 Å². The maximum atomic E-state index is 11.9. The van der Waals surface area contributed by atoms with Gasteiger partial charge in [-0.1, -0.05) is 11.8 Å². The van der Waals surface area contributed by atoms with Gasteiger partial charge in [0.2, 0.25) is 0 Å². The van der Waals surface area contributed by atoms with E-state index in [9.17, 15) is 4.79 Å². The Hall–Kier alpha value is -2.78. The van der Waals surface area contributed by atoms with Gasteiger partial charge in [-0.3, -0.25) is 4.79 Å². The van der Waals surface area contributed by atoms with Crippen molar-refractivity contribution in [2.45, 2.75) is 6.42 Å². The lowest BCUT2D eigenvalue weighted by molar-refractivity contribution is 0.102. The number of hydrogen-bond donors (Lipinski definition) is 2. The van der Waals surface area contributed by atoms with Crippen LogP contribution in [0.25, 0.3) is 0 Å². The maximum Gasteiger partial charge on any atom is 0.259 e. The van der Waals surface area contributed by atoms with Gasteiger partial charge >= 0.3 is 0 Å². The number of aromatic nitrogens is 3. The lowest BCUT2D eigenvalue weighted by atomic mass is 10.2. The van der Waals surface area contributed by atoms with Crippen molar-refractivity contribution >= 4 is 11.7 Å². The molecule has 2 rings (SSSR count). The van der Waals surface area contributed by atoms with Gasteiger partial charge in [-0.05, 0) is 12.1 Å². The number of rotatable bonds is 3. The van der Waals surface area contributed by atoms with E-state index in [1.807, 2.05) is 0 Å². The molecule has 2 aromatic rings. The van der Waals surface area contributed by atoms with Crippen LogP contribution in [0.2, 0.25) is 0 Å². The molecule has 2 heterocycles. The number of carbonyl (C=O) groups is 1. The molecule has 6 nitrogen and oxygen atoms in total. The quantitative estimate of drug-likeness (QED) is 0.806. The van der Waals surface area contributed by atoms with E-state index in [0.717, 1.165) is 0 Å². The molecule has 0 fully saturated rings. The van der Waals surface area contributed by atoms with Crippen LogP contribution in [0.15, 0.2) is 37.1 Å². The van der Waals surface area contributed by atoms with Crippen LogP contribution in [0.3, 0.4) is 0 Å². The first kappa shape index (κ1) is 13.6. The van der Waals surface area contributed by atoms with Gasteiger partial charge in [0, 0.05) is 30.6 Å². The second-order valence-electron chi connectivity index (χ2n) is 3.79. The summed E-state index contributed by atoms with van der Waals surface area (Å²) in [7, 11) is 0. The Kier molecular flexibility index (Phi) is 4.76. The van der Waals surface area contributed by atoms with Crippen molar-refractivity contribution in [3.63, 3.8) is 0 Å². The van der Waals surface area contributed by atoms with Crippen molar-refractivity contribution in [3.8, 4) is 11.8 Å². The molecule has 0 radical (unpaired) electrons. The Morgan fingerprint density at radius 3 is 2.90 bits per heavy atom. The van der Waals surface area contributed by atoms with E-state index in [1.54, 1.807) is 18.3 Å². The summed E-state index contributed by atoms with van der Waals surface area (Å²) in [6.45, 7) is 0.0235. The van der Waals surface area contributed by atoms with Crippen LogP contribution in [-0.4, -0.2) is 32.6 Å². The number of nitrogens with zero attached hydrogens (tertiary/aromatic N) is 3. The minimum absolute atomic E-state index is 0.0235. The number of amides is 1. The van der Waals surface area contributed by atoms with Gasteiger partial charge in [0.05, 0.1) is 12.2 Å². The average Bonchev–Trinajstić information content (AvgIpc) is 2.49. The third-order valence-corrected chi connectivity index (χ3v) is 2.29. The molecule has 20 heavy (non-hydrogen) atoms. The summed E-state index contributed by atoms with van der Waals surface area (Å²) in [6.07, 6.45) is 6.16. The van der Waals surface area contributed by atoms with Gasteiger partial charge in [-0.15, -0.1) is 0 Å². The number of hydrogen-bond acceptors (Lipinski definition) is 5. The molecular formula is C14H12N4O2. The molecule has 0 aliphatic rings. The SMILES string of the molecule is O=C(Nc1cc(C#CCCO)ccn1)c1cncnc1. The predicted octanol–water partition coefficient (Wildman–Crippen LogP) is 0.858. The third-order valence-electron chi connectivity index (χ3n) is 2.29. The van der Waals surface area contributed by atoms with Gasteiger partial charge in [0.25, 0.3) is 5.91 Å². The molecule has 6 heteroatoms. The molecule has 0 aliphatic carbocycles. The minimum Gasteiger partial charge on any atom is -0.395 e. The summed E-state index contributed by atoms with van der Waals surface area (Å²) < 4.78 is 0. The van der Waals surface area contributed by atoms with E-state index in [2.05, 4.69) is 32.1 Å². The van der Waals surface area contributed by atoms with Crippen molar-refractivity contribution in [2.75, 3.05) is 11.9 Å². The second-order valence-corrected chi connectivity index (χ2v) is 3.79. The first-order valence-corrected chi connectivity index (χ1v) is 5.92. The van der Waals surface area contributed by atoms with Crippen molar-refractivity contribution < 1.29 is 9.90 Å². The zero-order chi connectivity index (χ0) is 14.2. The summed E-state index contributed by atoms with van der Waals surface area (Å²) in [5, 5.41) is 11.3. The topological polar surface area (TPSA) is 88.0 Å². The highest BCUT2D eigenvalue weighted by molar-refractivity contribution is 6.03. The Labute approximate surface area is 115 Å². The lowest BCUT2D eigenvalue weighted by Crippen LogP contribution is -2.13. The molecule has 0 unspecified atom stereocenters. The Bertz CT molecular complexity index is 647. The fraction of sp³-hybridized carbons (Fsp3) is 0.143. The van der Waals surface area contributed by atoms with Crippen molar-refractivity contribution in [1.29, 1.82) is 0 Å². The maximum absolute atomic E-state index is 11.9. The predicted molar refractivity (Wildman–Crippen MR) is 72.8 cm³/mol. The largest absolute Gasteiger partial charge is 0.395 e. The number of nitrogens with one attached hydrogen (secondary N) is 1. The van der Waals surface area contributed by atoms with Crippen LogP contribution in [0.5, 0.6) is 0 Å². The van der Waals surface area contributed by atoms with Gasteiger partial charge in [-0.2, -0.15) is 0 Å². The monoisotopic (exact) mass is 268 g/mol. The second kappa shape index (κ2) is 6.97. The van der Waals surface area contributed by atoms with Crippen molar-refractivity contribution in [2.24, 2.45) is 0 Å². The molecule has 0 aromatic carbocycles. The molecule has 0 atom stereocenters. The van der Waals surface area contributed by atoms with Crippen LogP contribution in [0.1, 0.15) is 22.3 Å². The highest BCUT2D eigenvalue weighted by Gasteiger charge is 2.06. The Balaban J connectivity index is 2.09. The van der Waals surface area contributed by atoms with Crippen molar-refractivity contribution in [1.82, 2.24) is 15.0 Å². The first-order chi connectivity index (χ1) is 9.79. The zero-order valence-corrected chi connectivity index (χ0v) is 10.6. The fourth-order valence-corrected chi connectivity index (χ4v) is 1.40. The number of aliphatic hydroxyl groups is 1. The summed E-state index contributed by atoms with van der Waals surface area (Å²) in [5.41, 5.74) is 1.07. The molecular weight excluding hydrogens is 256 g/mol. The standard InChI is InChI=1S/C14H12N4O2/c19-6-2-1-3-11-4-5-17-13(7-11)18-14(20)12-8-15-10-16-9-12/h4-5,7-10,19H,2,6H2,(H,17,18,20). The normalized spacial score (nSPS) is 9.45. The van der Waals surface area contributed by atoms with Crippen LogP contribution in [0.4, 0.5) is 5.82 Å². The van der Waals surface area contributed by atoms with E-state index in [-0.39, 0.29) is 12.5 Å². The van der Waals surface area contributed by atoms with Crippen LogP contribution in [-0.2, 0) is 0 Å². The van der Waals surface area contributed by atoms with E-state index in [1.165, 1.54) is 18.7 Å². The van der Waals surface area contributed by atoms with E-state index >= 15 is 0 Å². The van der Waals surface area contributed by atoms with Crippen molar-refractivity contribution in [3.05, 3.63) is 48.2 Å². The number of anilines is 1. The summed E-state index contributed by atoms with van der Waals surface area (Å²) >= 11 is 0. The van der Waals surface area contributed by atoms with Crippen LogP contribution < -0.4 is 5.32 Å². The molecule has 0 saturated carbocycles. The Morgan fingerprint density at radius 1 is 1.35 bits per heavy atom. The number of pyridine rings is 1. The molecule has 0 bridgehead atoms. The van der Waals surface area contributed by atoms with E-state index in [4.69, 9.17) is 5.11 Å². The molecule has 0 spiro atoms. The molecule has 2 aromatic heterocycles. The molecule has 1 amide bonds. The van der Waals surface area contributed by atoms with Crippen LogP contribution >= 0.6 is 0 Å². The van der Waals surface area contributed by atoms with Gasteiger partial charge in [0.1, 0.15) is 12.1 Å². The smallest absolute Gasteiger partial charge is 0.259 e. The van der Waals surface area contributed by atoms with Gasteiger partial charge in [0.15, 0.2) is 0 Å². The fourth-order valence-electron chi connectivity index (χ4n) is 1.40.